The minimum Gasteiger partial charge on any atom is -0.388 e. The van der Waals surface area contributed by atoms with E-state index in [4.69, 9.17) is 11.1 Å². The number of aromatic nitrogens is 1. The summed E-state index contributed by atoms with van der Waals surface area (Å²) in [6.45, 7) is 2.12. The maximum atomic E-state index is 7.35. The van der Waals surface area contributed by atoms with Crippen LogP contribution in [0.25, 0.3) is 10.2 Å². The van der Waals surface area contributed by atoms with Crippen LogP contribution < -0.4 is 5.73 Å². The zero-order chi connectivity index (χ0) is 12.3. The van der Waals surface area contributed by atoms with Crippen LogP contribution in [0, 0.1) is 5.41 Å². The fourth-order valence-corrected chi connectivity index (χ4v) is 3.99. The van der Waals surface area contributed by atoms with E-state index in [9.17, 15) is 0 Å². The number of nitrogens with zero attached hydrogens (tertiary/aromatic N) is 1. The molecule has 17 heavy (non-hydrogen) atoms. The van der Waals surface area contributed by atoms with Crippen LogP contribution in [-0.2, 0) is 0 Å². The topological polar surface area (TPSA) is 62.8 Å². The first-order chi connectivity index (χ1) is 8.19. The highest BCUT2D eigenvalue weighted by atomic mass is 32.2. The highest BCUT2D eigenvalue weighted by Gasteiger charge is 2.12. The number of para-hydroxylation sites is 1. The predicted octanol–water partition coefficient (Wildman–Crippen LogP) is 3.49. The molecule has 1 heterocycles. The molecule has 0 fully saturated rings. The summed E-state index contributed by atoms with van der Waals surface area (Å²) < 4.78 is 2.28. The first-order valence-electron chi connectivity index (χ1n) is 5.54. The van der Waals surface area contributed by atoms with Gasteiger partial charge in [-0.2, -0.15) is 0 Å². The lowest BCUT2D eigenvalue weighted by Gasteiger charge is -2.10. The summed E-state index contributed by atoms with van der Waals surface area (Å²) in [6.07, 6.45) is 1.64. The van der Waals surface area contributed by atoms with E-state index < -0.39 is 0 Å². The van der Waals surface area contributed by atoms with Gasteiger partial charge in [-0.3, -0.25) is 5.41 Å². The zero-order valence-corrected chi connectivity index (χ0v) is 11.3. The molecule has 0 radical (unpaired) electrons. The van der Waals surface area contributed by atoms with Crippen molar-refractivity contribution in [2.75, 3.05) is 0 Å². The molecule has 1 aromatic heterocycles. The van der Waals surface area contributed by atoms with Crippen LogP contribution in [0.1, 0.15) is 19.8 Å². The Hall–Kier alpha value is -1.07. The third kappa shape index (κ3) is 3.20. The monoisotopic (exact) mass is 265 g/mol. The van der Waals surface area contributed by atoms with Crippen LogP contribution in [-0.4, -0.2) is 16.1 Å². The number of nitrogens with one attached hydrogen (secondary N) is 1. The van der Waals surface area contributed by atoms with E-state index in [1.807, 2.05) is 18.2 Å². The molecule has 0 aliphatic heterocycles. The average molecular weight is 265 g/mol. The van der Waals surface area contributed by atoms with Crippen LogP contribution >= 0.6 is 23.1 Å². The van der Waals surface area contributed by atoms with Gasteiger partial charge in [0.15, 0.2) is 4.34 Å². The average Bonchev–Trinajstić information content (AvgIpc) is 2.69. The molecule has 1 atom stereocenters. The summed E-state index contributed by atoms with van der Waals surface area (Å²) in [5, 5.41) is 7.70. The van der Waals surface area contributed by atoms with Gasteiger partial charge in [0.25, 0.3) is 0 Å². The van der Waals surface area contributed by atoms with Crippen molar-refractivity contribution in [3.63, 3.8) is 0 Å². The Bertz CT molecular complexity index is 488. The summed E-state index contributed by atoms with van der Waals surface area (Å²) in [6, 6.07) is 8.15. The van der Waals surface area contributed by atoms with Gasteiger partial charge in [-0.1, -0.05) is 30.8 Å². The lowest BCUT2D eigenvalue weighted by Crippen LogP contribution is -2.16. The number of thiazole rings is 1. The van der Waals surface area contributed by atoms with Gasteiger partial charge in [0.1, 0.15) is 0 Å². The molecule has 0 aliphatic carbocycles. The normalized spacial score (nSPS) is 12.8. The fourth-order valence-electron chi connectivity index (χ4n) is 1.56. The third-order valence-corrected chi connectivity index (χ3v) is 4.94. The summed E-state index contributed by atoms with van der Waals surface area (Å²) in [7, 11) is 0. The molecule has 2 aromatic rings. The molecule has 5 heteroatoms. The molecule has 0 saturated carbocycles. The smallest absolute Gasteiger partial charge is 0.151 e. The second kappa shape index (κ2) is 5.51. The molecule has 0 amide bonds. The Kier molecular flexibility index (Phi) is 4.02. The second-order valence-electron chi connectivity index (χ2n) is 3.82. The minimum absolute atomic E-state index is 0.255. The van der Waals surface area contributed by atoms with Crippen molar-refractivity contribution in [2.45, 2.75) is 29.4 Å². The Morgan fingerprint density at radius 3 is 2.94 bits per heavy atom. The zero-order valence-electron chi connectivity index (χ0n) is 9.64. The van der Waals surface area contributed by atoms with Crippen molar-refractivity contribution in [1.82, 2.24) is 4.98 Å². The number of hydrogen-bond acceptors (Lipinski definition) is 4. The van der Waals surface area contributed by atoms with Crippen LogP contribution in [0.5, 0.6) is 0 Å². The molecule has 1 unspecified atom stereocenters. The summed E-state index contributed by atoms with van der Waals surface area (Å²) in [5.74, 6) is 0.255. The Labute approximate surface area is 109 Å². The molecule has 1 aromatic carbocycles. The molecule has 0 bridgehead atoms. The quantitative estimate of drug-likeness (QED) is 0.494. The number of fused-ring (bicyclic) bond motifs is 1. The van der Waals surface area contributed by atoms with Crippen LogP contribution in [0.3, 0.4) is 0 Å². The van der Waals surface area contributed by atoms with E-state index in [0.29, 0.717) is 11.7 Å². The van der Waals surface area contributed by atoms with E-state index in [1.165, 1.54) is 4.70 Å². The Morgan fingerprint density at radius 1 is 1.53 bits per heavy atom. The van der Waals surface area contributed by atoms with Gasteiger partial charge in [-0.15, -0.1) is 11.3 Å². The van der Waals surface area contributed by atoms with Gasteiger partial charge in [0.05, 0.1) is 16.1 Å². The number of nitrogens with two attached hydrogens (primary N) is 1. The molecular formula is C12H15N3S2. The van der Waals surface area contributed by atoms with Crippen molar-refractivity contribution in [2.24, 2.45) is 5.73 Å². The van der Waals surface area contributed by atoms with E-state index in [-0.39, 0.29) is 5.84 Å². The fraction of sp³-hybridized carbons (Fsp3) is 0.333. The first-order valence-corrected chi connectivity index (χ1v) is 7.23. The maximum Gasteiger partial charge on any atom is 0.151 e. The van der Waals surface area contributed by atoms with Crippen molar-refractivity contribution in [3.05, 3.63) is 24.3 Å². The Balaban J connectivity index is 2.14. The number of rotatable bonds is 5. The van der Waals surface area contributed by atoms with E-state index in [2.05, 4.69) is 18.0 Å². The van der Waals surface area contributed by atoms with E-state index in [1.54, 1.807) is 23.1 Å². The van der Waals surface area contributed by atoms with Crippen molar-refractivity contribution < 1.29 is 0 Å². The molecule has 0 spiro atoms. The Morgan fingerprint density at radius 2 is 2.29 bits per heavy atom. The van der Waals surface area contributed by atoms with Gasteiger partial charge in [-0.05, 0) is 18.6 Å². The molecule has 3 nitrogen and oxygen atoms in total. The summed E-state index contributed by atoms with van der Waals surface area (Å²) >= 11 is 3.44. The van der Waals surface area contributed by atoms with Crippen molar-refractivity contribution >= 4 is 39.2 Å². The van der Waals surface area contributed by atoms with Crippen LogP contribution in [0.4, 0.5) is 0 Å². The van der Waals surface area contributed by atoms with Crippen molar-refractivity contribution in [1.29, 1.82) is 5.41 Å². The number of hydrogen-bond donors (Lipinski definition) is 2. The molecule has 3 N–H and O–H groups in total. The maximum absolute atomic E-state index is 7.35. The minimum atomic E-state index is 0.255. The predicted molar refractivity (Wildman–Crippen MR) is 76.1 cm³/mol. The van der Waals surface area contributed by atoms with Crippen molar-refractivity contribution in [3.8, 4) is 0 Å². The number of amidine groups is 1. The largest absolute Gasteiger partial charge is 0.388 e. The highest BCUT2D eigenvalue weighted by molar-refractivity contribution is 8.01. The number of thioether (sulfide) groups is 1. The molecule has 2 rings (SSSR count). The van der Waals surface area contributed by atoms with Crippen LogP contribution in [0.2, 0.25) is 0 Å². The molecule has 0 aliphatic rings. The third-order valence-electron chi connectivity index (χ3n) is 2.44. The van der Waals surface area contributed by atoms with Gasteiger partial charge in [0.2, 0.25) is 0 Å². The molecular weight excluding hydrogens is 250 g/mol. The number of benzene rings is 1. The van der Waals surface area contributed by atoms with E-state index >= 15 is 0 Å². The van der Waals surface area contributed by atoms with E-state index in [0.717, 1.165) is 16.3 Å². The molecule has 0 saturated heterocycles. The summed E-state index contributed by atoms with van der Waals surface area (Å²) in [4.78, 5) is 4.58. The van der Waals surface area contributed by atoms with Gasteiger partial charge in [0, 0.05) is 11.7 Å². The van der Waals surface area contributed by atoms with Gasteiger partial charge in [-0.25, -0.2) is 4.98 Å². The summed E-state index contributed by atoms with van der Waals surface area (Å²) in [5.41, 5.74) is 6.50. The lowest BCUT2D eigenvalue weighted by atomic mass is 10.2. The lowest BCUT2D eigenvalue weighted by molar-refractivity contribution is 0.848. The SMILES string of the molecule is CCC(CC(=N)N)Sc1nc2ccccc2s1. The van der Waals surface area contributed by atoms with Crippen LogP contribution in [0.15, 0.2) is 28.6 Å². The second-order valence-corrected chi connectivity index (χ2v) is 6.40. The standard InChI is InChI=1S/C12H15N3S2/c1-2-8(7-11(13)14)16-12-15-9-5-3-4-6-10(9)17-12/h3-6,8H,2,7H2,1H3,(H3,13,14). The first kappa shape index (κ1) is 12.4. The highest BCUT2D eigenvalue weighted by Crippen LogP contribution is 2.33. The van der Waals surface area contributed by atoms with Gasteiger partial charge < -0.3 is 5.73 Å². The van der Waals surface area contributed by atoms with Gasteiger partial charge >= 0.3 is 0 Å². The molecule has 90 valence electrons.